The molecule has 0 spiro atoms. The Labute approximate surface area is 116 Å². The number of aromatic nitrogens is 1. The predicted octanol–water partition coefficient (Wildman–Crippen LogP) is 1.33. The van der Waals surface area contributed by atoms with Gasteiger partial charge in [0.05, 0.1) is 6.07 Å². The molecule has 1 heterocycles. The number of H-pyrrole nitrogens is 1. The van der Waals surface area contributed by atoms with Gasteiger partial charge in [-0.2, -0.15) is 5.26 Å². The van der Waals surface area contributed by atoms with Gasteiger partial charge in [0.2, 0.25) is 6.41 Å². The van der Waals surface area contributed by atoms with Crippen molar-refractivity contribution in [2.75, 3.05) is 0 Å². The van der Waals surface area contributed by atoms with E-state index in [-0.39, 0.29) is 12.0 Å². The third-order valence-electron chi connectivity index (χ3n) is 3.39. The van der Waals surface area contributed by atoms with E-state index in [1.807, 2.05) is 38.1 Å². The van der Waals surface area contributed by atoms with Crippen LogP contribution in [0.3, 0.4) is 0 Å². The van der Waals surface area contributed by atoms with E-state index in [4.69, 9.17) is 5.26 Å². The van der Waals surface area contributed by atoms with Crippen LogP contribution >= 0.6 is 0 Å². The van der Waals surface area contributed by atoms with Crippen molar-refractivity contribution < 1.29 is 4.79 Å². The van der Waals surface area contributed by atoms with Crippen molar-refractivity contribution in [3.05, 3.63) is 45.2 Å². The summed E-state index contributed by atoms with van der Waals surface area (Å²) in [5, 5.41) is 12.3. The first-order valence-corrected chi connectivity index (χ1v) is 6.28. The van der Waals surface area contributed by atoms with Crippen LogP contribution in [0.5, 0.6) is 0 Å². The largest absolute Gasteiger partial charge is 0.343 e. The Hall–Kier alpha value is -2.61. The lowest BCUT2D eigenvalue weighted by Gasteiger charge is -2.12. The maximum atomic E-state index is 12.1. The van der Waals surface area contributed by atoms with Crippen LogP contribution < -0.4 is 10.9 Å². The van der Waals surface area contributed by atoms with E-state index in [2.05, 4.69) is 10.3 Å². The fraction of sp³-hybridized carbons (Fsp3) is 0.267. The second-order valence-corrected chi connectivity index (χ2v) is 4.78. The first-order valence-electron chi connectivity index (χ1n) is 6.28. The van der Waals surface area contributed by atoms with Gasteiger partial charge in [-0.1, -0.05) is 11.6 Å². The molecule has 20 heavy (non-hydrogen) atoms. The van der Waals surface area contributed by atoms with Crippen LogP contribution in [0.25, 0.3) is 10.9 Å². The summed E-state index contributed by atoms with van der Waals surface area (Å²) in [7, 11) is 0. The molecule has 5 nitrogen and oxygen atoms in total. The van der Waals surface area contributed by atoms with Crippen molar-refractivity contribution in [1.82, 2.24) is 10.3 Å². The zero-order valence-corrected chi connectivity index (χ0v) is 11.4. The molecule has 1 amide bonds. The summed E-state index contributed by atoms with van der Waals surface area (Å²) in [6.07, 6.45) is 0.670. The van der Waals surface area contributed by atoms with Crippen molar-refractivity contribution in [1.29, 1.82) is 5.26 Å². The van der Waals surface area contributed by atoms with Gasteiger partial charge >= 0.3 is 0 Å². The summed E-state index contributed by atoms with van der Waals surface area (Å²) in [5.74, 6) is 0. The number of aryl methyl sites for hydroxylation is 2. The van der Waals surface area contributed by atoms with Gasteiger partial charge in [0, 0.05) is 22.9 Å². The van der Waals surface area contributed by atoms with Crippen molar-refractivity contribution >= 4 is 17.3 Å². The minimum Gasteiger partial charge on any atom is -0.343 e. The van der Waals surface area contributed by atoms with E-state index in [1.54, 1.807) is 0 Å². The molecule has 0 saturated heterocycles. The lowest BCUT2D eigenvalue weighted by molar-refractivity contribution is -0.109. The number of amides is 1. The second kappa shape index (κ2) is 5.57. The van der Waals surface area contributed by atoms with Gasteiger partial charge in [0.1, 0.15) is 6.04 Å². The molecule has 0 unspecified atom stereocenters. The van der Waals surface area contributed by atoms with Crippen LogP contribution in [0.15, 0.2) is 23.0 Å². The molecular weight excluding hydrogens is 254 g/mol. The zero-order chi connectivity index (χ0) is 14.7. The first-order chi connectivity index (χ1) is 9.56. The standard InChI is InChI=1S/C15H15N3O2/c1-9-3-4-14-12(5-9)10(2)13(15(20)18-14)6-11(7-16)17-8-19/h3-5,8,11H,6H2,1-2H3,(H,17,19)(H,18,20)/t11-/m0/s1. The number of nitrogens with one attached hydrogen (secondary N) is 2. The number of hydrogen-bond donors (Lipinski definition) is 2. The molecule has 0 aliphatic rings. The number of rotatable bonds is 4. The monoisotopic (exact) mass is 269 g/mol. The molecule has 5 heteroatoms. The Morgan fingerprint density at radius 2 is 2.20 bits per heavy atom. The van der Waals surface area contributed by atoms with Gasteiger partial charge in [-0.3, -0.25) is 9.59 Å². The molecule has 2 N–H and O–H groups in total. The number of fused-ring (bicyclic) bond motifs is 1. The minimum absolute atomic E-state index is 0.195. The van der Waals surface area contributed by atoms with Gasteiger partial charge in [-0.25, -0.2) is 0 Å². The number of carbonyl (C=O) groups excluding carboxylic acids is 1. The fourth-order valence-corrected chi connectivity index (χ4v) is 2.28. The van der Waals surface area contributed by atoms with Gasteiger partial charge in [-0.15, -0.1) is 0 Å². The molecule has 1 aromatic heterocycles. The van der Waals surface area contributed by atoms with Crippen molar-refractivity contribution in [2.45, 2.75) is 26.3 Å². The molecule has 1 atom stereocenters. The summed E-state index contributed by atoms with van der Waals surface area (Å²) in [4.78, 5) is 25.4. The number of pyridine rings is 1. The number of nitriles is 1. The Balaban J connectivity index is 2.56. The quantitative estimate of drug-likeness (QED) is 0.821. The highest BCUT2D eigenvalue weighted by atomic mass is 16.1. The molecule has 0 aliphatic heterocycles. The van der Waals surface area contributed by atoms with Crippen LogP contribution in [-0.4, -0.2) is 17.4 Å². The van der Waals surface area contributed by atoms with Crippen LogP contribution in [0, 0.1) is 25.2 Å². The van der Waals surface area contributed by atoms with E-state index >= 15 is 0 Å². The van der Waals surface area contributed by atoms with E-state index in [0.29, 0.717) is 12.0 Å². The van der Waals surface area contributed by atoms with Crippen molar-refractivity contribution in [3.63, 3.8) is 0 Å². The van der Waals surface area contributed by atoms with Gasteiger partial charge in [-0.05, 0) is 31.5 Å². The number of benzene rings is 1. The fourth-order valence-electron chi connectivity index (χ4n) is 2.28. The Kier molecular flexibility index (Phi) is 3.85. The number of carbonyl (C=O) groups is 1. The minimum atomic E-state index is -0.699. The summed E-state index contributed by atoms with van der Waals surface area (Å²) in [6.45, 7) is 3.84. The summed E-state index contributed by atoms with van der Waals surface area (Å²) < 4.78 is 0. The molecule has 0 aliphatic carbocycles. The van der Waals surface area contributed by atoms with Gasteiger partial charge < -0.3 is 10.3 Å². The first kappa shape index (κ1) is 13.8. The van der Waals surface area contributed by atoms with Crippen molar-refractivity contribution in [2.24, 2.45) is 0 Å². The normalized spacial score (nSPS) is 11.8. The van der Waals surface area contributed by atoms with E-state index in [9.17, 15) is 9.59 Å². The van der Waals surface area contributed by atoms with Crippen molar-refractivity contribution in [3.8, 4) is 6.07 Å². The third-order valence-corrected chi connectivity index (χ3v) is 3.39. The summed E-state index contributed by atoms with van der Waals surface area (Å²) in [6, 6.07) is 7.07. The highest BCUT2D eigenvalue weighted by molar-refractivity contribution is 5.83. The summed E-state index contributed by atoms with van der Waals surface area (Å²) in [5.41, 5.74) is 3.04. The summed E-state index contributed by atoms with van der Waals surface area (Å²) >= 11 is 0. The average Bonchev–Trinajstić information content (AvgIpc) is 2.43. The predicted molar refractivity (Wildman–Crippen MR) is 76.3 cm³/mol. The van der Waals surface area contributed by atoms with Crippen LogP contribution in [0.2, 0.25) is 0 Å². The maximum absolute atomic E-state index is 12.1. The number of aromatic amines is 1. The molecule has 102 valence electrons. The Morgan fingerprint density at radius 1 is 1.45 bits per heavy atom. The SMILES string of the molecule is Cc1ccc2[nH]c(=O)c(C[C@@H](C#N)NC=O)c(C)c2c1. The highest BCUT2D eigenvalue weighted by Crippen LogP contribution is 2.19. The Morgan fingerprint density at radius 3 is 2.85 bits per heavy atom. The molecule has 2 aromatic rings. The maximum Gasteiger partial charge on any atom is 0.252 e. The van der Waals surface area contributed by atoms with Gasteiger partial charge in [0.25, 0.3) is 5.56 Å². The van der Waals surface area contributed by atoms with E-state index < -0.39 is 6.04 Å². The number of hydrogen-bond acceptors (Lipinski definition) is 3. The van der Waals surface area contributed by atoms with Crippen LogP contribution in [-0.2, 0) is 11.2 Å². The molecule has 0 fully saturated rings. The molecule has 1 aromatic carbocycles. The zero-order valence-electron chi connectivity index (χ0n) is 11.4. The molecule has 0 radical (unpaired) electrons. The molecular formula is C15H15N3O2. The lowest BCUT2D eigenvalue weighted by Crippen LogP contribution is -2.31. The lowest BCUT2D eigenvalue weighted by atomic mass is 9.98. The smallest absolute Gasteiger partial charge is 0.252 e. The molecule has 0 bridgehead atoms. The van der Waals surface area contributed by atoms with Crippen LogP contribution in [0.1, 0.15) is 16.7 Å². The van der Waals surface area contributed by atoms with E-state index in [1.165, 1.54) is 0 Å². The van der Waals surface area contributed by atoms with Crippen LogP contribution in [0.4, 0.5) is 0 Å². The van der Waals surface area contributed by atoms with Gasteiger partial charge in [0.15, 0.2) is 0 Å². The average molecular weight is 269 g/mol. The van der Waals surface area contributed by atoms with E-state index in [0.717, 1.165) is 22.0 Å². The third kappa shape index (κ3) is 2.54. The highest BCUT2D eigenvalue weighted by Gasteiger charge is 2.14. The molecule has 2 rings (SSSR count). The number of nitrogens with zero attached hydrogens (tertiary/aromatic N) is 1. The Bertz CT molecular complexity index is 756. The topological polar surface area (TPSA) is 85.8 Å². The molecule has 0 saturated carbocycles. The second-order valence-electron chi connectivity index (χ2n) is 4.78.